The highest BCUT2D eigenvalue weighted by molar-refractivity contribution is 7.98. The summed E-state index contributed by atoms with van der Waals surface area (Å²) in [6.45, 7) is 10.8. The van der Waals surface area contributed by atoms with Crippen molar-refractivity contribution in [2.45, 2.75) is 72.1 Å². The van der Waals surface area contributed by atoms with Gasteiger partial charge in [0.2, 0.25) is 5.91 Å². The van der Waals surface area contributed by atoms with Crippen molar-refractivity contribution < 1.29 is 28.7 Å². The Morgan fingerprint density at radius 3 is 2.41 bits per heavy atom. The van der Waals surface area contributed by atoms with Gasteiger partial charge in [-0.25, -0.2) is 4.79 Å². The number of carbonyl (C=O) groups excluding carboxylic acids is 4. The Morgan fingerprint density at radius 2 is 1.86 bits per heavy atom. The molecule has 1 aromatic carbocycles. The summed E-state index contributed by atoms with van der Waals surface area (Å²) in [4.78, 5) is 52.3. The minimum atomic E-state index is -1.18. The number of rotatable bonds is 12. The van der Waals surface area contributed by atoms with Crippen LogP contribution in [0.2, 0.25) is 0 Å². The minimum Gasteiger partial charge on any atom is -0.466 e. The molecule has 37 heavy (non-hydrogen) atoms. The number of amides is 3. The molecule has 2 N–H and O–H groups in total. The number of thioether (sulfide) groups is 1. The molecule has 2 atom stereocenters. The number of terminal acetylenes is 1. The van der Waals surface area contributed by atoms with Gasteiger partial charge in [0, 0.05) is 12.6 Å². The number of carbonyl (C=O) groups is 4. The van der Waals surface area contributed by atoms with E-state index in [9.17, 15) is 19.2 Å². The van der Waals surface area contributed by atoms with E-state index in [1.54, 1.807) is 33.8 Å². The summed E-state index contributed by atoms with van der Waals surface area (Å²) in [5.41, 5.74) is 1.51. The van der Waals surface area contributed by atoms with Gasteiger partial charge in [-0.3, -0.25) is 19.3 Å². The molecule has 0 bridgehead atoms. The Labute approximate surface area is 224 Å². The maximum absolute atomic E-state index is 13.7. The normalized spacial score (nSPS) is 12.5. The highest BCUT2D eigenvalue weighted by Crippen LogP contribution is 2.26. The monoisotopic (exact) mass is 533 g/mol. The van der Waals surface area contributed by atoms with Gasteiger partial charge in [-0.05, 0) is 71.1 Å². The highest BCUT2D eigenvalue weighted by Gasteiger charge is 2.36. The van der Waals surface area contributed by atoms with Gasteiger partial charge in [-0.1, -0.05) is 30.2 Å². The maximum Gasteiger partial charge on any atom is 0.408 e. The Kier molecular flexibility index (Phi) is 13.0. The van der Waals surface area contributed by atoms with E-state index >= 15 is 0 Å². The first-order valence-electron chi connectivity index (χ1n) is 12.1. The van der Waals surface area contributed by atoms with Crippen LogP contribution < -0.4 is 10.6 Å². The number of hydrogen-bond donors (Lipinski definition) is 2. The van der Waals surface area contributed by atoms with Crippen LogP contribution in [0.4, 0.5) is 4.79 Å². The van der Waals surface area contributed by atoms with E-state index in [4.69, 9.17) is 15.9 Å². The second-order valence-corrected chi connectivity index (χ2v) is 10.4. The highest BCUT2D eigenvalue weighted by atomic mass is 32.2. The molecular formula is C27H39N3O6S. The number of alkyl carbamates (subject to hydrolysis) is 1. The van der Waals surface area contributed by atoms with E-state index in [0.29, 0.717) is 11.3 Å². The first-order chi connectivity index (χ1) is 17.3. The SMILES string of the molecule is C#CN(C(=O)C(CCSC)NC(=O)OC(C)(C)C)C(C(=O)NCCC(=O)OCC)c1ccc(C)cc1C. The van der Waals surface area contributed by atoms with E-state index in [2.05, 4.69) is 16.7 Å². The van der Waals surface area contributed by atoms with Crippen LogP contribution in [0.5, 0.6) is 0 Å². The molecule has 0 aromatic heterocycles. The van der Waals surface area contributed by atoms with E-state index in [1.807, 2.05) is 32.2 Å². The summed E-state index contributed by atoms with van der Waals surface area (Å²) in [7, 11) is 0. The lowest BCUT2D eigenvalue weighted by atomic mass is 9.96. The van der Waals surface area contributed by atoms with Crippen LogP contribution in [0.3, 0.4) is 0 Å². The summed E-state index contributed by atoms with van der Waals surface area (Å²) in [5.74, 6) is -1.06. The largest absolute Gasteiger partial charge is 0.466 e. The summed E-state index contributed by atoms with van der Waals surface area (Å²) in [6.07, 6.45) is 7.17. The molecule has 1 rings (SSSR count). The van der Waals surface area contributed by atoms with Crippen molar-refractivity contribution in [2.75, 3.05) is 25.2 Å². The summed E-state index contributed by atoms with van der Waals surface area (Å²) < 4.78 is 10.2. The van der Waals surface area contributed by atoms with Gasteiger partial charge in [0.1, 0.15) is 17.7 Å². The summed E-state index contributed by atoms with van der Waals surface area (Å²) in [5, 5.41) is 5.30. The molecule has 9 nitrogen and oxygen atoms in total. The number of esters is 1. The number of ether oxygens (including phenoxy) is 2. The summed E-state index contributed by atoms with van der Waals surface area (Å²) in [6, 6.07) is 5.61. The van der Waals surface area contributed by atoms with Crippen molar-refractivity contribution in [3.05, 3.63) is 34.9 Å². The van der Waals surface area contributed by atoms with Gasteiger partial charge in [-0.2, -0.15) is 11.8 Å². The molecule has 204 valence electrons. The van der Waals surface area contributed by atoms with Crippen LogP contribution in [0, 0.1) is 26.3 Å². The molecular weight excluding hydrogens is 494 g/mol. The van der Waals surface area contributed by atoms with Gasteiger partial charge in [-0.15, -0.1) is 0 Å². The Morgan fingerprint density at radius 1 is 1.19 bits per heavy atom. The van der Waals surface area contributed by atoms with Crippen LogP contribution in [-0.4, -0.2) is 65.6 Å². The third-order valence-corrected chi connectivity index (χ3v) is 5.78. The van der Waals surface area contributed by atoms with Gasteiger partial charge in [0.15, 0.2) is 0 Å². The van der Waals surface area contributed by atoms with Crippen molar-refractivity contribution in [1.82, 2.24) is 15.5 Å². The molecule has 0 heterocycles. The fraction of sp³-hybridized carbons (Fsp3) is 0.556. The van der Waals surface area contributed by atoms with Crippen molar-refractivity contribution in [3.63, 3.8) is 0 Å². The van der Waals surface area contributed by atoms with Crippen molar-refractivity contribution in [1.29, 1.82) is 0 Å². The average molecular weight is 534 g/mol. The molecule has 1 aromatic rings. The molecule has 0 saturated carbocycles. The lowest BCUT2D eigenvalue weighted by Crippen LogP contribution is -2.52. The zero-order valence-electron chi connectivity index (χ0n) is 22.8. The molecule has 3 amide bonds. The van der Waals surface area contributed by atoms with Crippen LogP contribution in [-0.2, 0) is 23.9 Å². The van der Waals surface area contributed by atoms with Crippen molar-refractivity contribution >= 4 is 35.6 Å². The molecule has 10 heteroatoms. The number of aryl methyl sites for hydroxylation is 2. The predicted octanol–water partition coefficient (Wildman–Crippen LogP) is 3.48. The molecule has 0 fully saturated rings. The van der Waals surface area contributed by atoms with Gasteiger partial charge in [0.05, 0.1) is 13.0 Å². The van der Waals surface area contributed by atoms with E-state index in [1.165, 1.54) is 11.8 Å². The van der Waals surface area contributed by atoms with Gasteiger partial charge in [0.25, 0.3) is 5.91 Å². The van der Waals surface area contributed by atoms with Crippen LogP contribution in [0.15, 0.2) is 18.2 Å². The summed E-state index contributed by atoms with van der Waals surface area (Å²) >= 11 is 1.50. The molecule has 0 radical (unpaired) electrons. The van der Waals surface area contributed by atoms with Crippen molar-refractivity contribution in [3.8, 4) is 12.5 Å². The molecule has 0 aliphatic heterocycles. The van der Waals surface area contributed by atoms with E-state index < -0.39 is 41.6 Å². The lowest BCUT2D eigenvalue weighted by Gasteiger charge is -2.31. The predicted molar refractivity (Wildman–Crippen MR) is 145 cm³/mol. The quantitative estimate of drug-likeness (QED) is 0.240. The maximum atomic E-state index is 13.7. The third-order valence-electron chi connectivity index (χ3n) is 5.14. The Balaban J connectivity index is 3.33. The fourth-order valence-corrected chi connectivity index (χ4v) is 4.00. The van der Waals surface area contributed by atoms with Gasteiger partial charge < -0.3 is 20.1 Å². The molecule has 0 aliphatic carbocycles. The van der Waals surface area contributed by atoms with Crippen LogP contribution in [0.25, 0.3) is 0 Å². The first kappa shape index (κ1) is 31.8. The van der Waals surface area contributed by atoms with E-state index in [0.717, 1.165) is 16.0 Å². The third kappa shape index (κ3) is 10.8. The first-order valence-corrected chi connectivity index (χ1v) is 13.5. The number of benzene rings is 1. The number of hydrogen-bond acceptors (Lipinski definition) is 7. The van der Waals surface area contributed by atoms with Crippen LogP contribution in [0.1, 0.15) is 63.3 Å². The fourth-order valence-electron chi connectivity index (χ4n) is 3.52. The second kappa shape index (κ2) is 15.2. The second-order valence-electron chi connectivity index (χ2n) is 9.43. The van der Waals surface area contributed by atoms with Gasteiger partial charge >= 0.3 is 12.1 Å². The zero-order valence-corrected chi connectivity index (χ0v) is 23.6. The lowest BCUT2D eigenvalue weighted by molar-refractivity contribution is -0.143. The molecule has 2 unspecified atom stereocenters. The topological polar surface area (TPSA) is 114 Å². The average Bonchev–Trinajstić information content (AvgIpc) is 2.79. The van der Waals surface area contributed by atoms with E-state index in [-0.39, 0.29) is 26.0 Å². The van der Waals surface area contributed by atoms with Crippen molar-refractivity contribution in [2.24, 2.45) is 0 Å². The Hall–Kier alpha value is -3.19. The zero-order chi connectivity index (χ0) is 28.2. The number of nitrogens with zero attached hydrogens (tertiary/aromatic N) is 1. The number of nitrogens with one attached hydrogen (secondary N) is 2. The smallest absolute Gasteiger partial charge is 0.408 e. The molecule has 0 aliphatic rings. The Bertz CT molecular complexity index is 999. The minimum absolute atomic E-state index is 0.0116. The standard InChI is InChI=1S/C27H39N3O6S/c1-9-30(25(33)21(14-16-37-8)29-26(34)36-27(5,6)7)23(20-12-11-18(3)17-19(20)4)24(32)28-15-13-22(31)35-10-2/h1,11-12,17,21,23H,10,13-16H2,2-8H3,(H,28,32)(H,29,34). The molecule has 0 spiro atoms. The van der Waals surface area contributed by atoms with Crippen LogP contribution >= 0.6 is 11.8 Å². The molecule has 0 saturated heterocycles.